The Morgan fingerprint density at radius 1 is 1.19 bits per heavy atom. The highest BCUT2D eigenvalue weighted by atomic mass is 16.2. The molecule has 2 aromatic heterocycles. The molecule has 7 nitrogen and oxygen atoms in total. The van der Waals surface area contributed by atoms with E-state index in [0.29, 0.717) is 30.3 Å². The summed E-state index contributed by atoms with van der Waals surface area (Å²) in [4.78, 5) is 41.1. The largest absolute Gasteiger partial charge is 0.350 e. The van der Waals surface area contributed by atoms with Crippen molar-refractivity contribution in [3.63, 3.8) is 0 Å². The van der Waals surface area contributed by atoms with Crippen LogP contribution in [0.2, 0.25) is 0 Å². The summed E-state index contributed by atoms with van der Waals surface area (Å²) in [5.74, 6) is 0.0577. The highest BCUT2D eigenvalue weighted by Crippen LogP contribution is 2.05. The number of nitrogens with zero attached hydrogens (tertiary/aromatic N) is 3. The zero-order chi connectivity index (χ0) is 20.1. The molecule has 0 aliphatic carbocycles. The van der Waals surface area contributed by atoms with Gasteiger partial charge in [-0.05, 0) is 50.8 Å². The first-order valence-corrected chi connectivity index (χ1v) is 9.24. The lowest BCUT2D eigenvalue weighted by Gasteiger charge is -2.13. The fourth-order valence-electron chi connectivity index (χ4n) is 2.93. The molecule has 0 aromatic carbocycles. The van der Waals surface area contributed by atoms with E-state index in [1.807, 2.05) is 13.0 Å². The van der Waals surface area contributed by atoms with Crippen LogP contribution in [-0.4, -0.2) is 26.6 Å². The van der Waals surface area contributed by atoms with Crippen molar-refractivity contribution >= 4 is 5.91 Å². The van der Waals surface area contributed by atoms with E-state index in [9.17, 15) is 14.4 Å². The van der Waals surface area contributed by atoms with Gasteiger partial charge in [-0.1, -0.05) is 13.8 Å². The summed E-state index contributed by atoms with van der Waals surface area (Å²) in [6.45, 7) is 10.7. The number of rotatable bonds is 7. The summed E-state index contributed by atoms with van der Waals surface area (Å²) < 4.78 is 3.09. The molecule has 1 amide bonds. The minimum absolute atomic E-state index is 0.160. The van der Waals surface area contributed by atoms with Gasteiger partial charge in [0.05, 0.1) is 0 Å². The lowest BCUT2D eigenvalue weighted by atomic mass is 10.1. The highest BCUT2D eigenvalue weighted by molar-refractivity contribution is 5.95. The predicted octanol–water partition coefficient (Wildman–Crippen LogP) is 1.81. The van der Waals surface area contributed by atoms with Gasteiger partial charge in [-0.3, -0.25) is 14.2 Å². The van der Waals surface area contributed by atoms with Crippen molar-refractivity contribution in [1.29, 1.82) is 0 Å². The van der Waals surface area contributed by atoms with Crippen molar-refractivity contribution in [1.82, 2.24) is 19.4 Å². The van der Waals surface area contributed by atoms with Crippen LogP contribution in [0.25, 0.3) is 0 Å². The van der Waals surface area contributed by atoms with Crippen molar-refractivity contribution < 1.29 is 4.79 Å². The first-order chi connectivity index (χ1) is 12.7. The number of carbonyl (C=O) groups excluding carboxylic acids is 1. The molecule has 1 N–H and O–H groups in total. The van der Waals surface area contributed by atoms with Crippen LogP contribution < -0.4 is 16.6 Å². The fraction of sp³-hybridized carbons (Fsp3) is 0.500. The summed E-state index contributed by atoms with van der Waals surface area (Å²) in [5.41, 5.74) is 1.64. The van der Waals surface area contributed by atoms with Crippen LogP contribution in [-0.2, 0) is 13.1 Å². The maximum Gasteiger partial charge on any atom is 0.348 e. The monoisotopic (exact) mass is 372 g/mol. The highest BCUT2D eigenvalue weighted by Gasteiger charge is 2.16. The molecular weight excluding hydrogens is 344 g/mol. The van der Waals surface area contributed by atoms with Crippen LogP contribution in [0.15, 0.2) is 27.9 Å². The normalized spacial score (nSPS) is 11.0. The number of hydrogen-bond acceptors (Lipinski definition) is 4. The zero-order valence-corrected chi connectivity index (χ0v) is 16.7. The van der Waals surface area contributed by atoms with Crippen molar-refractivity contribution in [2.24, 2.45) is 5.92 Å². The number of pyridine rings is 1. The lowest BCUT2D eigenvalue weighted by Crippen LogP contribution is -2.37. The minimum Gasteiger partial charge on any atom is -0.350 e. The number of aromatic nitrogens is 3. The molecule has 2 aromatic rings. The first kappa shape index (κ1) is 20.6. The SMILES string of the molecule is Cc1cc(C)n(CCNC(=O)c2c(C)ccn(CCC(C)C)c2=O)c(=O)n1. The van der Waals surface area contributed by atoms with Gasteiger partial charge in [-0.2, -0.15) is 4.98 Å². The number of aryl methyl sites for hydroxylation is 4. The molecule has 0 aliphatic heterocycles. The zero-order valence-electron chi connectivity index (χ0n) is 16.7. The van der Waals surface area contributed by atoms with Crippen LogP contribution >= 0.6 is 0 Å². The Labute approximate surface area is 159 Å². The van der Waals surface area contributed by atoms with E-state index in [1.165, 1.54) is 4.57 Å². The van der Waals surface area contributed by atoms with E-state index in [1.54, 1.807) is 30.7 Å². The van der Waals surface area contributed by atoms with Crippen molar-refractivity contribution in [2.45, 2.75) is 54.1 Å². The number of hydrogen-bond donors (Lipinski definition) is 1. The number of amides is 1. The van der Waals surface area contributed by atoms with Gasteiger partial charge in [0, 0.05) is 37.2 Å². The summed E-state index contributed by atoms with van der Waals surface area (Å²) in [5, 5.41) is 2.75. The smallest absolute Gasteiger partial charge is 0.348 e. The Morgan fingerprint density at radius 2 is 1.89 bits per heavy atom. The second-order valence-electron chi connectivity index (χ2n) is 7.28. The van der Waals surface area contributed by atoms with E-state index >= 15 is 0 Å². The summed E-state index contributed by atoms with van der Waals surface area (Å²) >= 11 is 0. The van der Waals surface area contributed by atoms with Gasteiger partial charge in [-0.25, -0.2) is 4.79 Å². The van der Waals surface area contributed by atoms with E-state index in [-0.39, 0.29) is 23.4 Å². The van der Waals surface area contributed by atoms with E-state index < -0.39 is 5.91 Å². The molecular formula is C20H28N4O3. The summed E-state index contributed by atoms with van der Waals surface area (Å²) in [6.07, 6.45) is 2.60. The van der Waals surface area contributed by atoms with Gasteiger partial charge in [-0.15, -0.1) is 0 Å². The van der Waals surface area contributed by atoms with Crippen LogP contribution in [0.4, 0.5) is 0 Å². The van der Waals surface area contributed by atoms with Gasteiger partial charge in [0.2, 0.25) is 0 Å². The second-order valence-corrected chi connectivity index (χ2v) is 7.28. The molecule has 146 valence electrons. The molecule has 27 heavy (non-hydrogen) atoms. The lowest BCUT2D eigenvalue weighted by molar-refractivity contribution is 0.0949. The maximum atomic E-state index is 12.7. The third-order valence-corrected chi connectivity index (χ3v) is 4.52. The molecule has 0 aliphatic rings. The van der Waals surface area contributed by atoms with Crippen molar-refractivity contribution in [2.75, 3.05) is 6.54 Å². The van der Waals surface area contributed by atoms with Gasteiger partial charge >= 0.3 is 5.69 Å². The van der Waals surface area contributed by atoms with Gasteiger partial charge in [0.25, 0.3) is 11.5 Å². The van der Waals surface area contributed by atoms with Crippen LogP contribution in [0.1, 0.15) is 47.6 Å². The van der Waals surface area contributed by atoms with E-state index in [0.717, 1.165) is 12.1 Å². The van der Waals surface area contributed by atoms with Crippen LogP contribution in [0, 0.1) is 26.7 Å². The molecule has 0 saturated heterocycles. The van der Waals surface area contributed by atoms with Crippen molar-refractivity contribution in [3.05, 3.63) is 61.7 Å². The molecule has 2 rings (SSSR count). The Hall–Kier alpha value is -2.70. The predicted molar refractivity (Wildman–Crippen MR) is 105 cm³/mol. The Morgan fingerprint density at radius 3 is 2.52 bits per heavy atom. The molecule has 0 bridgehead atoms. The fourth-order valence-corrected chi connectivity index (χ4v) is 2.93. The van der Waals surface area contributed by atoms with Gasteiger partial charge in [0.15, 0.2) is 0 Å². The van der Waals surface area contributed by atoms with Gasteiger partial charge in [0.1, 0.15) is 5.56 Å². The second kappa shape index (κ2) is 8.79. The first-order valence-electron chi connectivity index (χ1n) is 9.24. The Kier molecular flexibility index (Phi) is 6.71. The summed E-state index contributed by atoms with van der Waals surface area (Å²) in [7, 11) is 0. The minimum atomic E-state index is -0.415. The topological polar surface area (TPSA) is 86.0 Å². The molecule has 0 radical (unpaired) electrons. The van der Waals surface area contributed by atoms with Crippen LogP contribution in [0.3, 0.4) is 0 Å². The quantitative estimate of drug-likeness (QED) is 0.803. The standard InChI is InChI=1S/C20H28N4O3/c1-13(2)6-9-23-10-7-14(3)17(19(23)26)18(25)21-8-11-24-16(5)12-15(4)22-20(24)27/h7,10,12-13H,6,8-9,11H2,1-5H3,(H,21,25). The molecule has 0 saturated carbocycles. The van der Waals surface area contributed by atoms with Gasteiger partial charge < -0.3 is 9.88 Å². The van der Waals surface area contributed by atoms with E-state index in [4.69, 9.17) is 0 Å². The molecule has 0 atom stereocenters. The average molecular weight is 372 g/mol. The molecule has 2 heterocycles. The average Bonchev–Trinajstić information content (AvgIpc) is 2.56. The van der Waals surface area contributed by atoms with E-state index in [2.05, 4.69) is 24.1 Å². The summed E-state index contributed by atoms with van der Waals surface area (Å²) in [6, 6.07) is 3.60. The third kappa shape index (κ3) is 5.15. The molecule has 0 unspecified atom stereocenters. The molecule has 0 spiro atoms. The van der Waals surface area contributed by atoms with Crippen LogP contribution in [0.5, 0.6) is 0 Å². The molecule has 0 fully saturated rings. The maximum absolute atomic E-state index is 12.7. The third-order valence-electron chi connectivity index (χ3n) is 4.52. The number of carbonyl (C=O) groups is 1. The molecule has 7 heteroatoms. The Bertz CT molecular complexity index is 941. The Balaban J connectivity index is 2.11. The van der Waals surface area contributed by atoms with Crippen molar-refractivity contribution in [3.8, 4) is 0 Å². The number of nitrogens with one attached hydrogen (secondary N) is 1.